The third-order valence-electron chi connectivity index (χ3n) is 4.99. The second kappa shape index (κ2) is 8.52. The van der Waals surface area contributed by atoms with Crippen molar-refractivity contribution in [1.29, 1.82) is 0 Å². The van der Waals surface area contributed by atoms with Gasteiger partial charge in [0.1, 0.15) is 11.6 Å². The molecule has 9 nitrogen and oxygen atoms in total. The van der Waals surface area contributed by atoms with Crippen molar-refractivity contribution in [1.82, 2.24) is 28.7 Å². The van der Waals surface area contributed by atoms with E-state index < -0.39 is 10.0 Å². The lowest BCUT2D eigenvalue weighted by Crippen LogP contribution is -2.22. The summed E-state index contributed by atoms with van der Waals surface area (Å²) < 4.78 is 42.7. The van der Waals surface area contributed by atoms with E-state index >= 15 is 0 Å². The predicted molar refractivity (Wildman–Crippen MR) is 121 cm³/mol. The fraction of sp³-hybridized carbons (Fsp3) is 0.250. The van der Waals surface area contributed by atoms with Crippen LogP contribution in [0.4, 0.5) is 4.39 Å². The van der Waals surface area contributed by atoms with Gasteiger partial charge in [0.15, 0.2) is 5.82 Å². The summed E-state index contributed by atoms with van der Waals surface area (Å²) >= 11 is 1.36. The molecule has 0 aliphatic carbocycles. The van der Waals surface area contributed by atoms with Gasteiger partial charge in [-0.25, -0.2) is 26.8 Å². The molecule has 2 aromatic carbocycles. The molecule has 0 amide bonds. The number of sulfonamides is 1. The quantitative estimate of drug-likeness (QED) is 0.323. The number of halogens is 1. The third-order valence-corrected chi connectivity index (χ3v) is 7.74. The topological polar surface area (TPSA) is 112 Å². The van der Waals surface area contributed by atoms with Gasteiger partial charge in [-0.2, -0.15) is 0 Å². The van der Waals surface area contributed by atoms with Crippen LogP contribution in [0.5, 0.6) is 0 Å². The highest BCUT2D eigenvalue weighted by Crippen LogP contribution is 2.27. The summed E-state index contributed by atoms with van der Waals surface area (Å²) in [6, 6.07) is 10.8. The van der Waals surface area contributed by atoms with E-state index in [1.165, 1.54) is 47.0 Å². The van der Waals surface area contributed by atoms with E-state index in [9.17, 15) is 12.8 Å². The van der Waals surface area contributed by atoms with Crippen molar-refractivity contribution in [2.45, 2.75) is 29.3 Å². The average molecular weight is 476 g/mol. The number of imidazole rings is 1. The molecule has 2 aromatic heterocycles. The Hall–Kier alpha value is -2.96. The second-order valence-corrected chi connectivity index (χ2v) is 10.3. The molecular formula is C20H22FN7O2S2. The van der Waals surface area contributed by atoms with Gasteiger partial charge >= 0.3 is 0 Å². The van der Waals surface area contributed by atoms with Crippen LogP contribution in [-0.4, -0.2) is 51.2 Å². The number of rotatable bonds is 7. The first-order valence-electron chi connectivity index (χ1n) is 9.73. The Morgan fingerprint density at radius 3 is 2.50 bits per heavy atom. The second-order valence-electron chi connectivity index (χ2n) is 7.18. The van der Waals surface area contributed by atoms with E-state index in [-0.39, 0.29) is 10.7 Å². The van der Waals surface area contributed by atoms with Gasteiger partial charge in [-0.15, -0.1) is 10.2 Å². The van der Waals surface area contributed by atoms with E-state index in [4.69, 9.17) is 5.84 Å². The molecule has 4 rings (SSSR count). The van der Waals surface area contributed by atoms with E-state index in [0.29, 0.717) is 34.4 Å². The number of hydrogen-bond donors (Lipinski definition) is 1. The molecule has 0 fully saturated rings. The van der Waals surface area contributed by atoms with Crippen molar-refractivity contribution >= 4 is 32.8 Å². The molecule has 0 aliphatic heterocycles. The Bertz CT molecular complexity index is 1380. The third kappa shape index (κ3) is 3.96. The van der Waals surface area contributed by atoms with Crippen molar-refractivity contribution in [2.24, 2.45) is 0 Å². The number of fused-ring (bicyclic) bond motifs is 1. The summed E-state index contributed by atoms with van der Waals surface area (Å²) in [5, 5.41) is 8.74. The average Bonchev–Trinajstić information content (AvgIpc) is 3.31. The van der Waals surface area contributed by atoms with Crippen molar-refractivity contribution in [3.05, 3.63) is 54.1 Å². The molecule has 2 N–H and O–H groups in total. The van der Waals surface area contributed by atoms with Crippen LogP contribution < -0.4 is 5.84 Å². The number of nitrogens with two attached hydrogens (primary N) is 1. The highest BCUT2D eigenvalue weighted by Gasteiger charge is 2.20. The number of aryl methyl sites for hydroxylation is 1. The van der Waals surface area contributed by atoms with Crippen LogP contribution >= 0.6 is 11.8 Å². The Morgan fingerprint density at radius 1 is 1.12 bits per heavy atom. The Kier molecular flexibility index (Phi) is 5.93. The van der Waals surface area contributed by atoms with Crippen molar-refractivity contribution in [3.8, 4) is 11.4 Å². The lowest BCUT2D eigenvalue weighted by Gasteiger charge is -2.11. The van der Waals surface area contributed by atoms with Crippen LogP contribution in [0.1, 0.15) is 12.7 Å². The summed E-state index contributed by atoms with van der Waals surface area (Å²) in [4.78, 5) is 4.85. The molecule has 0 saturated heterocycles. The van der Waals surface area contributed by atoms with Gasteiger partial charge in [0.25, 0.3) is 0 Å². The van der Waals surface area contributed by atoms with Crippen molar-refractivity contribution in [2.75, 3.05) is 19.9 Å². The van der Waals surface area contributed by atoms with Gasteiger partial charge < -0.3 is 10.4 Å². The van der Waals surface area contributed by atoms with Crippen LogP contribution in [0.15, 0.2) is 52.5 Å². The molecule has 0 spiro atoms. The molecule has 168 valence electrons. The van der Waals surface area contributed by atoms with Crippen LogP contribution in [0.25, 0.3) is 22.4 Å². The monoisotopic (exact) mass is 475 g/mol. The predicted octanol–water partition coefficient (Wildman–Crippen LogP) is 2.71. The van der Waals surface area contributed by atoms with Gasteiger partial charge in [-0.1, -0.05) is 11.8 Å². The van der Waals surface area contributed by atoms with E-state index in [0.717, 1.165) is 11.3 Å². The highest BCUT2D eigenvalue weighted by atomic mass is 32.2. The minimum atomic E-state index is -3.55. The molecule has 2 heterocycles. The minimum absolute atomic E-state index is 0.195. The molecule has 0 radical (unpaired) electrons. The first-order chi connectivity index (χ1) is 15.2. The number of nitrogens with zero attached hydrogens (tertiary/aromatic N) is 6. The van der Waals surface area contributed by atoms with E-state index in [1.54, 1.807) is 30.3 Å². The van der Waals surface area contributed by atoms with Gasteiger partial charge in [-0.3, -0.25) is 0 Å². The first-order valence-corrected chi connectivity index (χ1v) is 12.2. The molecule has 0 atom stereocenters. The minimum Gasteiger partial charge on any atom is -0.335 e. The smallest absolute Gasteiger partial charge is 0.242 e. The van der Waals surface area contributed by atoms with Gasteiger partial charge in [0.2, 0.25) is 15.2 Å². The highest BCUT2D eigenvalue weighted by molar-refractivity contribution is 7.98. The van der Waals surface area contributed by atoms with Crippen LogP contribution in [0, 0.1) is 5.82 Å². The largest absolute Gasteiger partial charge is 0.335 e. The zero-order chi connectivity index (χ0) is 23.0. The number of benzene rings is 2. The zero-order valence-electron chi connectivity index (χ0n) is 17.7. The van der Waals surface area contributed by atoms with Crippen LogP contribution in [0.2, 0.25) is 0 Å². The van der Waals surface area contributed by atoms with Gasteiger partial charge in [0.05, 0.1) is 21.7 Å². The maximum atomic E-state index is 13.2. The van der Waals surface area contributed by atoms with E-state index in [1.807, 2.05) is 11.5 Å². The van der Waals surface area contributed by atoms with Crippen LogP contribution in [-0.2, 0) is 22.3 Å². The fourth-order valence-electron chi connectivity index (χ4n) is 3.29. The van der Waals surface area contributed by atoms with E-state index in [2.05, 4.69) is 15.2 Å². The zero-order valence-corrected chi connectivity index (χ0v) is 19.4. The number of hydrogen-bond acceptors (Lipinski definition) is 7. The Morgan fingerprint density at radius 2 is 1.84 bits per heavy atom. The Labute approximate surface area is 189 Å². The molecule has 0 bridgehead atoms. The standard InChI is InChI=1S/C20H22FN7O2S2/c1-4-27-17-10-9-15(32(29,30)26(2)3)11-16(17)23-18(27)12-31-20-25-24-19(28(20)22)13-5-7-14(21)8-6-13/h5-11H,4,12,22H2,1-3H3. The summed E-state index contributed by atoms with van der Waals surface area (Å²) in [5.41, 5.74) is 2.11. The molecule has 12 heteroatoms. The molecule has 32 heavy (non-hydrogen) atoms. The number of aromatic nitrogens is 5. The fourth-order valence-corrected chi connectivity index (χ4v) is 5.02. The summed E-state index contributed by atoms with van der Waals surface area (Å²) in [7, 11) is -0.558. The lowest BCUT2D eigenvalue weighted by molar-refractivity contribution is 0.521. The van der Waals surface area contributed by atoms with Gasteiger partial charge in [-0.05, 0) is 49.4 Å². The molecule has 0 unspecified atom stereocenters. The summed E-state index contributed by atoms with van der Waals surface area (Å²) in [6.07, 6.45) is 0. The number of thioether (sulfide) groups is 1. The number of nitrogen functional groups attached to an aromatic ring is 1. The molecule has 0 aliphatic rings. The molecule has 4 aromatic rings. The first kappa shape index (κ1) is 22.2. The van der Waals surface area contributed by atoms with Crippen molar-refractivity contribution in [3.63, 3.8) is 0 Å². The lowest BCUT2D eigenvalue weighted by atomic mass is 10.2. The summed E-state index contributed by atoms with van der Waals surface area (Å²) in [6.45, 7) is 2.67. The van der Waals surface area contributed by atoms with Crippen LogP contribution in [0.3, 0.4) is 0 Å². The Balaban J connectivity index is 1.61. The molecular weight excluding hydrogens is 453 g/mol. The normalized spacial score (nSPS) is 12.2. The summed E-state index contributed by atoms with van der Waals surface area (Å²) in [5.74, 6) is 7.46. The maximum Gasteiger partial charge on any atom is 0.242 e. The van der Waals surface area contributed by atoms with Gasteiger partial charge in [0, 0.05) is 26.2 Å². The SMILES string of the molecule is CCn1c(CSc2nnc(-c3ccc(F)cc3)n2N)nc2cc(S(=O)(=O)N(C)C)ccc21. The maximum absolute atomic E-state index is 13.2. The van der Waals surface area contributed by atoms with Crippen molar-refractivity contribution < 1.29 is 12.8 Å². The molecule has 0 saturated carbocycles.